The van der Waals surface area contributed by atoms with Crippen LogP contribution in [-0.4, -0.2) is 15.0 Å². The fourth-order valence-corrected chi connectivity index (χ4v) is 7.55. The van der Waals surface area contributed by atoms with Crippen LogP contribution < -0.4 is 0 Å². The van der Waals surface area contributed by atoms with Gasteiger partial charge in [-0.05, 0) is 63.3 Å². The van der Waals surface area contributed by atoms with E-state index in [0.717, 1.165) is 76.7 Å². The van der Waals surface area contributed by atoms with Crippen molar-refractivity contribution in [3.8, 4) is 34.2 Å². The summed E-state index contributed by atoms with van der Waals surface area (Å²) >= 11 is 0. The molecule has 0 saturated carbocycles. The molecule has 232 valence electrons. The third-order valence-electron chi connectivity index (χ3n) is 9.92. The Morgan fingerprint density at radius 2 is 0.820 bits per heavy atom. The van der Waals surface area contributed by atoms with Crippen LogP contribution in [0.4, 0.5) is 0 Å². The van der Waals surface area contributed by atoms with E-state index in [-0.39, 0.29) is 0 Å². The van der Waals surface area contributed by atoms with E-state index >= 15 is 0 Å². The Labute approximate surface area is 285 Å². The van der Waals surface area contributed by atoms with Crippen molar-refractivity contribution in [1.82, 2.24) is 15.0 Å². The predicted molar refractivity (Wildman–Crippen MR) is 203 cm³/mol. The lowest BCUT2D eigenvalue weighted by Crippen LogP contribution is -2.00. The van der Waals surface area contributed by atoms with Crippen molar-refractivity contribution in [3.63, 3.8) is 0 Å². The van der Waals surface area contributed by atoms with Gasteiger partial charge in [0.25, 0.3) is 0 Å². The molecule has 3 aromatic heterocycles. The molecule has 0 spiro atoms. The van der Waals surface area contributed by atoms with Gasteiger partial charge < -0.3 is 8.83 Å². The number of benzene rings is 8. The number of para-hydroxylation sites is 2. The van der Waals surface area contributed by atoms with Gasteiger partial charge in [-0.15, -0.1) is 0 Å². The highest BCUT2D eigenvalue weighted by molar-refractivity contribution is 6.20. The zero-order valence-corrected chi connectivity index (χ0v) is 26.6. The third-order valence-corrected chi connectivity index (χ3v) is 9.92. The van der Waals surface area contributed by atoms with E-state index in [9.17, 15) is 0 Å². The minimum absolute atomic E-state index is 0.569. The summed E-state index contributed by atoms with van der Waals surface area (Å²) in [5.74, 6) is 1.74. The smallest absolute Gasteiger partial charge is 0.164 e. The van der Waals surface area contributed by atoms with Crippen LogP contribution in [0.3, 0.4) is 0 Å². The molecular formula is C45H25N3O2. The first-order chi connectivity index (χ1) is 24.7. The van der Waals surface area contributed by atoms with Crippen LogP contribution in [0, 0.1) is 0 Å². The molecular weight excluding hydrogens is 615 g/mol. The Morgan fingerprint density at radius 1 is 0.320 bits per heavy atom. The number of hydrogen-bond acceptors (Lipinski definition) is 5. The number of fused-ring (bicyclic) bond motifs is 11. The molecule has 0 atom stereocenters. The first-order valence-electron chi connectivity index (χ1n) is 16.7. The molecule has 0 bridgehead atoms. The van der Waals surface area contributed by atoms with Crippen LogP contribution in [0.1, 0.15) is 0 Å². The number of nitrogens with zero attached hydrogens (tertiary/aromatic N) is 3. The first kappa shape index (κ1) is 27.1. The molecule has 5 heteroatoms. The Kier molecular flexibility index (Phi) is 5.60. The van der Waals surface area contributed by atoms with E-state index in [2.05, 4.69) is 103 Å². The molecule has 0 N–H and O–H groups in total. The maximum Gasteiger partial charge on any atom is 0.164 e. The molecule has 50 heavy (non-hydrogen) atoms. The van der Waals surface area contributed by atoms with E-state index in [4.69, 9.17) is 23.8 Å². The average molecular weight is 640 g/mol. The minimum atomic E-state index is 0.569. The van der Waals surface area contributed by atoms with Crippen LogP contribution in [0.15, 0.2) is 160 Å². The average Bonchev–Trinajstić information content (AvgIpc) is 3.74. The number of aromatic nitrogens is 3. The van der Waals surface area contributed by atoms with Gasteiger partial charge in [-0.1, -0.05) is 115 Å². The van der Waals surface area contributed by atoms with Crippen molar-refractivity contribution < 1.29 is 8.83 Å². The Bertz CT molecular complexity index is 3040. The van der Waals surface area contributed by atoms with E-state index in [0.29, 0.717) is 17.5 Å². The standard InChI is InChI=1S/C45H25N3O2/c1-2-10-30-26(8-1)16-23-36-31(30)20-17-27-9-7-13-37(42(27)36)45-47-43(28-18-21-34-32-11-3-5-14-38(32)49-40(34)24-28)46-44(48-45)29-19-22-35-33-12-4-6-15-39(33)50-41(35)25-29/h1-25H. The molecule has 11 aromatic rings. The minimum Gasteiger partial charge on any atom is -0.456 e. The fourth-order valence-electron chi connectivity index (χ4n) is 7.55. The van der Waals surface area contributed by atoms with Crippen LogP contribution in [0.25, 0.3) is 110 Å². The van der Waals surface area contributed by atoms with Gasteiger partial charge in [0.15, 0.2) is 17.5 Å². The highest BCUT2D eigenvalue weighted by Crippen LogP contribution is 2.39. The van der Waals surface area contributed by atoms with E-state index in [1.165, 1.54) is 16.2 Å². The maximum atomic E-state index is 6.28. The van der Waals surface area contributed by atoms with Gasteiger partial charge in [-0.25, -0.2) is 15.0 Å². The number of furan rings is 2. The lowest BCUT2D eigenvalue weighted by Gasteiger charge is -2.13. The number of rotatable bonds is 3. The highest BCUT2D eigenvalue weighted by Gasteiger charge is 2.18. The fraction of sp³-hybridized carbons (Fsp3) is 0. The van der Waals surface area contributed by atoms with Crippen molar-refractivity contribution >= 4 is 76.2 Å². The van der Waals surface area contributed by atoms with Gasteiger partial charge in [-0.2, -0.15) is 0 Å². The molecule has 11 rings (SSSR count). The molecule has 8 aromatic carbocycles. The van der Waals surface area contributed by atoms with Crippen LogP contribution in [0.2, 0.25) is 0 Å². The largest absolute Gasteiger partial charge is 0.456 e. The summed E-state index contributed by atoms with van der Waals surface area (Å²) in [6.45, 7) is 0. The molecule has 0 saturated heterocycles. The van der Waals surface area contributed by atoms with Gasteiger partial charge in [0.2, 0.25) is 0 Å². The van der Waals surface area contributed by atoms with E-state index < -0.39 is 0 Å². The van der Waals surface area contributed by atoms with Crippen molar-refractivity contribution in [1.29, 1.82) is 0 Å². The summed E-state index contributed by atoms with van der Waals surface area (Å²) in [5.41, 5.74) is 5.93. The Hall–Kier alpha value is -6.85. The monoisotopic (exact) mass is 639 g/mol. The van der Waals surface area contributed by atoms with Crippen molar-refractivity contribution in [3.05, 3.63) is 152 Å². The van der Waals surface area contributed by atoms with Gasteiger partial charge >= 0.3 is 0 Å². The van der Waals surface area contributed by atoms with Crippen LogP contribution in [-0.2, 0) is 0 Å². The molecule has 0 aliphatic rings. The topological polar surface area (TPSA) is 65.0 Å². The van der Waals surface area contributed by atoms with E-state index in [1.807, 2.05) is 48.5 Å². The highest BCUT2D eigenvalue weighted by atomic mass is 16.3. The molecule has 3 heterocycles. The molecule has 0 fully saturated rings. The van der Waals surface area contributed by atoms with Crippen molar-refractivity contribution in [2.24, 2.45) is 0 Å². The summed E-state index contributed by atoms with van der Waals surface area (Å²) in [7, 11) is 0. The SMILES string of the molecule is c1ccc2c(c1)ccc1c2ccc2cccc(-c3nc(-c4ccc5c(c4)oc4ccccc45)nc(-c4ccc5c(c4)oc4ccccc45)n3)c21. The second kappa shape index (κ2) is 10.3. The van der Waals surface area contributed by atoms with Gasteiger partial charge in [-0.3, -0.25) is 0 Å². The quantitative estimate of drug-likeness (QED) is 0.180. The van der Waals surface area contributed by atoms with Gasteiger partial charge in [0.1, 0.15) is 22.3 Å². The maximum absolute atomic E-state index is 6.28. The summed E-state index contributed by atoms with van der Waals surface area (Å²) in [5, 5.41) is 11.3. The van der Waals surface area contributed by atoms with Crippen LogP contribution in [0.5, 0.6) is 0 Å². The third kappa shape index (κ3) is 4.04. The number of hydrogen-bond donors (Lipinski definition) is 0. The molecule has 0 aliphatic carbocycles. The molecule has 0 radical (unpaired) electrons. The summed E-state index contributed by atoms with van der Waals surface area (Å²) in [4.78, 5) is 15.5. The normalized spacial score (nSPS) is 12.0. The summed E-state index contributed by atoms with van der Waals surface area (Å²) < 4.78 is 12.6. The zero-order valence-electron chi connectivity index (χ0n) is 26.6. The van der Waals surface area contributed by atoms with Crippen LogP contribution >= 0.6 is 0 Å². The molecule has 0 amide bonds. The molecule has 0 unspecified atom stereocenters. The molecule has 5 nitrogen and oxygen atoms in total. The summed E-state index contributed by atoms with van der Waals surface area (Å²) in [6, 6.07) is 52.3. The van der Waals surface area contributed by atoms with E-state index in [1.54, 1.807) is 0 Å². The Morgan fingerprint density at radius 3 is 1.50 bits per heavy atom. The van der Waals surface area contributed by atoms with Crippen molar-refractivity contribution in [2.75, 3.05) is 0 Å². The second-order valence-corrected chi connectivity index (χ2v) is 12.8. The van der Waals surface area contributed by atoms with Gasteiger partial charge in [0.05, 0.1) is 0 Å². The predicted octanol–water partition coefficient (Wildman–Crippen LogP) is 12.1. The van der Waals surface area contributed by atoms with Gasteiger partial charge in [0, 0.05) is 43.6 Å². The van der Waals surface area contributed by atoms with Crippen molar-refractivity contribution in [2.45, 2.75) is 0 Å². The lowest BCUT2D eigenvalue weighted by molar-refractivity contribution is 0.668. The Balaban J connectivity index is 1.18. The zero-order chi connectivity index (χ0) is 32.8. The summed E-state index contributed by atoms with van der Waals surface area (Å²) in [6.07, 6.45) is 0. The second-order valence-electron chi connectivity index (χ2n) is 12.8. The lowest BCUT2D eigenvalue weighted by atomic mass is 9.94. The molecule has 0 aliphatic heterocycles. The first-order valence-corrected chi connectivity index (χ1v) is 16.7.